The molecule has 0 saturated carbocycles. The van der Waals surface area contributed by atoms with Gasteiger partial charge in [-0.15, -0.1) is 11.8 Å². The van der Waals surface area contributed by atoms with E-state index in [0.717, 1.165) is 0 Å². The third kappa shape index (κ3) is 3.01. The highest BCUT2D eigenvalue weighted by Gasteiger charge is 2.07. The summed E-state index contributed by atoms with van der Waals surface area (Å²) in [5.74, 6) is -1.04. The molecule has 1 aromatic heterocycles. The maximum atomic E-state index is 10.6. The summed E-state index contributed by atoms with van der Waals surface area (Å²) in [6.07, 6.45) is 0. The molecule has 1 unspecified atom stereocenters. The molecule has 76 valence electrons. The standard InChI is InChI=1S/C9H11NO3S/c1-6(5-11)14-8-4-2-3-7(10-8)9(12)13/h2-4,6,11H,5H2,1H3,(H,12,13). The fourth-order valence-electron chi connectivity index (χ4n) is 0.843. The zero-order valence-electron chi connectivity index (χ0n) is 7.67. The van der Waals surface area contributed by atoms with Crippen LogP contribution in [0, 0.1) is 0 Å². The Kier molecular flexibility index (Phi) is 3.91. The minimum absolute atomic E-state index is 0.0199. The van der Waals surface area contributed by atoms with Gasteiger partial charge in [0.25, 0.3) is 0 Å². The van der Waals surface area contributed by atoms with E-state index in [2.05, 4.69) is 4.98 Å². The van der Waals surface area contributed by atoms with Gasteiger partial charge in [-0.2, -0.15) is 0 Å². The number of aromatic nitrogens is 1. The molecule has 1 rings (SSSR count). The van der Waals surface area contributed by atoms with Crippen molar-refractivity contribution < 1.29 is 15.0 Å². The average Bonchev–Trinajstić information content (AvgIpc) is 2.18. The molecule has 0 amide bonds. The number of thioether (sulfide) groups is 1. The van der Waals surface area contributed by atoms with Crippen molar-refractivity contribution in [3.63, 3.8) is 0 Å². The van der Waals surface area contributed by atoms with Crippen LogP contribution in [0.2, 0.25) is 0 Å². The van der Waals surface area contributed by atoms with Gasteiger partial charge in [0.15, 0.2) is 0 Å². The molecule has 0 aliphatic carbocycles. The van der Waals surface area contributed by atoms with Crippen molar-refractivity contribution in [1.29, 1.82) is 0 Å². The van der Waals surface area contributed by atoms with E-state index >= 15 is 0 Å². The summed E-state index contributed by atoms with van der Waals surface area (Å²) in [6, 6.07) is 4.81. The van der Waals surface area contributed by atoms with Gasteiger partial charge in [-0.3, -0.25) is 0 Å². The maximum absolute atomic E-state index is 10.6. The van der Waals surface area contributed by atoms with Gasteiger partial charge in [0.05, 0.1) is 11.6 Å². The molecule has 0 radical (unpaired) electrons. The van der Waals surface area contributed by atoms with Crippen LogP contribution in [0.15, 0.2) is 23.2 Å². The number of carbonyl (C=O) groups is 1. The molecule has 0 spiro atoms. The van der Waals surface area contributed by atoms with Crippen LogP contribution < -0.4 is 0 Å². The monoisotopic (exact) mass is 213 g/mol. The number of pyridine rings is 1. The van der Waals surface area contributed by atoms with Gasteiger partial charge < -0.3 is 10.2 Å². The van der Waals surface area contributed by atoms with Crippen molar-refractivity contribution in [3.8, 4) is 0 Å². The van der Waals surface area contributed by atoms with Crippen molar-refractivity contribution in [2.24, 2.45) is 0 Å². The SMILES string of the molecule is CC(CO)Sc1cccc(C(=O)O)n1. The number of aromatic carboxylic acids is 1. The first-order valence-corrected chi connectivity index (χ1v) is 4.99. The van der Waals surface area contributed by atoms with Crippen molar-refractivity contribution in [3.05, 3.63) is 23.9 Å². The number of carboxylic acids is 1. The highest BCUT2D eigenvalue weighted by atomic mass is 32.2. The molecule has 0 aromatic carbocycles. The van der Waals surface area contributed by atoms with Crippen LogP contribution in [0.25, 0.3) is 0 Å². The van der Waals surface area contributed by atoms with E-state index in [-0.39, 0.29) is 17.6 Å². The summed E-state index contributed by atoms with van der Waals surface area (Å²) in [4.78, 5) is 14.5. The zero-order chi connectivity index (χ0) is 10.6. The van der Waals surface area contributed by atoms with Crippen LogP contribution in [-0.4, -0.2) is 33.0 Å². The molecule has 1 heterocycles. The van der Waals surface area contributed by atoms with Crippen LogP contribution in [0.4, 0.5) is 0 Å². The van der Waals surface area contributed by atoms with E-state index in [0.29, 0.717) is 5.03 Å². The first-order valence-electron chi connectivity index (χ1n) is 4.11. The Labute approximate surface area is 86.0 Å². The second-order valence-corrected chi connectivity index (χ2v) is 4.24. The fraction of sp³-hybridized carbons (Fsp3) is 0.333. The summed E-state index contributed by atoms with van der Waals surface area (Å²) in [5, 5.41) is 18.1. The van der Waals surface area contributed by atoms with Gasteiger partial charge >= 0.3 is 5.97 Å². The molecule has 0 saturated heterocycles. The van der Waals surface area contributed by atoms with E-state index in [1.807, 2.05) is 6.92 Å². The van der Waals surface area contributed by atoms with E-state index < -0.39 is 5.97 Å². The third-order valence-electron chi connectivity index (χ3n) is 1.52. The van der Waals surface area contributed by atoms with Crippen LogP contribution in [0.3, 0.4) is 0 Å². The number of aliphatic hydroxyl groups excluding tert-OH is 1. The quantitative estimate of drug-likeness (QED) is 0.737. The highest BCUT2D eigenvalue weighted by molar-refractivity contribution is 7.99. The lowest BCUT2D eigenvalue weighted by molar-refractivity contribution is 0.0689. The second kappa shape index (κ2) is 4.97. The normalized spacial score (nSPS) is 12.4. The smallest absolute Gasteiger partial charge is 0.354 e. The van der Waals surface area contributed by atoms with Crippen molar-refractivity contribution >= 4 is 17.7 Å². The largest absolute Gasteiger partial charge is 0.477 e. The van der Waals surface area contributed by atoms with Crippen LogP contribution in [0.1, 0.15) is 17.4 Å². The summed E-state index contributed by atoms with van der Waals surface area (Å²) >= 11 is 1.35. The van der Waals surface area contributed by atoms with Gasteiger partial charge in [-0.25, -0.2) is 9.78 Å². The lowest BCUT2D eigenvalue weighted by atomic mass is 10.4. The Balaban J connectivity index is 2.78. The molecular formula is C9H11NO3S. The molecule has 1 aromatic rings. The Morgan fingerprint density at radius 1 is 1.64 bits per heavy atom. The minimum Gasteiger partial charge on any atom is -0.477 e. The summed E-state index contributed by atoms with van der Waals surface area (Å²) in [6.45, 7) is 1.89. The van der Waals surface area contributed by atoms with E-state index in [4.69, 9.17) is 10.2 Å². The number of hydrogen-bond acceptors (Lipinski definition) is 4. The maximum Gasteiger partial charge on any atom is 0.354 e. The lowest BCUT2D eigenvalue weighted by Gasteiger charge is -2.06. The molecule has 0 aliphatic heterocycles. The summed E-state index contributed by atoms with van der Waals surface area (Å²) < 4.78 is 0. The number of rotatable bonds is 4. The number of nitrogens with zero attached hydrogens (tertiary/aromatic N) is 1. The Hall–Kier alpha value is -1.07. The summed E-state index contributed by atoms with van der Waals surface area (Å²) in [5.41, 5.74) is 0.0279. The van der Waals surface area contributed by atoms with Gasteiger partial charge in [0.2, 0.25) is 0 Å². The van der Waals surface area contributed by atoms with Gasteiger partial charge in [-0.05, 0) is 12.1 Å². The fourth-order valence-corrected chi connectivity index (χ4v) is 1.64. The topological polar surface area (TPSA) is 70.4 Å². The van der Waals surface area contributed by atoms with Crippen LogP contribution in [0.5, 0.6) is 0 Å². The lowest BCUT2D eigenvalue weighted by Crippen LogP contribution is -2.04. The molecule has 2 N–H and O–H groups in total. The number of hydrogen-bond donors (Lipinski definition) is 2. The molecule has 5 heteroatoms. The third-order valence-corrected chi connectivity index (χ3v) is 2.54. The van der Waals surface area contributed by atoms with Crippen molar-refractivity contribution in [2.75, 3.05) is 6.61 Å². The van der Waals surface area contributed by atoms with Gasteiger partial charge in [0.1, 0.15) is 5.69 Å². The van der Waals surface area contributed by atoms with E-state index in [9.17, 15) is 4.79 Å². The molecule has 0 fully saturated rings. The number of carboxylic acid groups (broad SMARTS) is 1. The highest BCUT2D eigenvalue weighted by Crippen LogP contribution is 2.20. The first kappa shape index (κ1) is 11.0. The Bertz CT molecular complexity index is 330. The second-order valence-electron chi connectivity index (χ2n) is 2.78. The Morgan fingerprint density at radius 3 is 2.93 bits per heavy atom. The van der Waals surface area contributed by atoms with Gasteiger partial charge in [0, 0.05) is 5.25 Å². The molecular weight excluding hydrogens is 202 g/mol. The van der Waals surface area contributed by atoms with Gasteiger partial charge in [-0.1, -0.05) is 13.0 Å². The van der Waals surface area contributed by atoms with Crippen molar-refractivity contribution in [1.82, 2.24) is 4.98 Å². The predicted molar refractivity (Wildman–Crippen MR) is 53.6 cm³/mol. The predicted octanol–water partition coefficient (Wildman–Crippen LogP) is 1.25. The van der Waals surface area contributed by atoms with Crippen LogP contribution in [-0.2, 0) is 0 Å². The van der Waals surface area contributed by atoms with Crippen molar-refractivity contribution in [2.45, 2.75) is 17.2 Å². The molecule has 0 aliphatic rings. The van der Waals surface area contributed by atoms with E-state index in [1.165, 1.54) is 17.8 Å². The molecule has 4 nitrogen and oxygen atoms in total. The summed E-state index contributed by atoms with van der Waals surface area (Å²) in [7, 11) is 0. The minimum atomic E-state index is -1.04. The molecule has 0 bridgehead atoms. The van der Waals surface area contributed by atoms with Crippen LogP contribution >= 0.6 is 11.8 Å². The Morgan fingerprint density at radius 2 is 2.36 bits per heavy atom. The zero-order valence-corrected chi connectivity index (χ0v) is 8.49. The molecule has 1 atom stereocenters. The van der Waals surface area contributed by atoms with E-state index in [1.54, 1.807) is 12.1 Å². The number of aliphatic hydroxyl groups is 1. The average molecular weight is 213 g/mol. The molecule has 14 heavy (non-hydrogen) atoms. The first-order chi connectivity index (χ1) is 6.63.